The molecule has 0 bridgehead atoms. The minimum Gasteiger partial charge on any atom is -0.327 e. The molecule has 0 saturated carbocycles. The average Bonchev–Trinajstić information content (AvgIpc) is 3.15. The zero-order chi connectivity index (χ0) is 15.7. The Bertz CT molecular complexity index is 660. The van der Waals surface area contributed by atoms with Crippen molar-refractivity contribution in [1.29, 1.82) is 0 Å². The SMILES string of the molecule is CC(C)c1n[nH]c([C@H]2CCCCN2C(=O)c2cnnn2C)n1. The molecular formula is C14H21N7O. The largest absolute Gasteiger partial charge is 0.327 e. The van der Waals surface area contributed by atoms with Crippen molar-refractivity contribution in [3.8, 4) is 0 Å². The van der Waals surface area contributed by atoms with Crippen molar-refractivity contribution in [2.75, 3.05) is 6.54 Å². The zero-order valence-corrected chi connectivity index (χ0v) is 13.2. The lowest BCUT2D eigenvalue weighted by Gasteiger charge is -2.34. The van der Waals surface area contributed by atoms with Crippen LogP contribution in [0, 0.1) is 0 Å². The molecule has 0 spiro atoms. The molecule has 22 heavy (non-hydrogen) atoms. The predicted molar refractivity (Wildman–Crippen MR) is 79.1 cm³/mol. The van der Waals surface area contributed by atoms with Crippen molar-refractivity contribution in [3.05, 3.63) is 23.5 Å². The number of piperidine rings is 1. The van der Waals surface area contributed by atoms with Gasteiger partial charge >= 0.3 is 0 Å². The van der Waals surface area contributed by atoms with Gasteiger partial charge in [-0.15, -0.1) is 5.10 Å². The summed E-state index contributed by atoms with van der Waals surface area (Å²) in [4.78, 5) is 19.2. The Kier molecular flexibility index (Phi) is 3.91. The number of rotatable bonds is 3. The maximum atomic E-state index is 12.8. The van der Waals surface area contributed by atoms with E-state index in [1.165, 1.54) is 10.9 Å². The highest BCUT2D eigenvalue weighted by Crippen LogP contribution is 2.30. The van der Waals surface area contributed by atoms with Gasteiger partial charge in [0, 0.05) is 19.5 Å². The van der Waals surface area contributed by atoms with E-state index in [-0.39, 0.29) is 17.9 Å². The Morgan fingerprint density at radius 2 is 2.23 bits per heavy atom. The van der Waals surface area contributed by atoms with Gasteiger partial charge in [-0.3, -0.25) is 9.89 Å². The molecule has 1 N–H and O–H groups in total. The summed E-state index contributed by atoms with van der Waals surface area (Å²) in [6, 6.07) is -0.0591. The molecule has 1 aliphatic rings. The van der Waals surface area contributed by atoms with Crippen molar-refractivity contribution in [2.45, 2.75) is 45.1 Å². The van der Waals surface area contributed by atoms with Crippen LogP contribution in [0.5, 0.6) is 0 Å². The highest BCUT2D eigenvalue weighted by Gasteiger charge is 2.32. The van der Waals surface area contributed by atoms with Gasteiger partial charge in [-0.1, -0.05) is 19.1 Å². The first kappa shape index (κ1) is 14.7. The molecule has 1 aliphatic heterocycles. The molecule has 8 nitrogen and oxygen atoms in total. The summed E-state index contributed by atoms with van der Waals surface area (Å²) in [6.45, 7) is 4.82. The van der Waals surface area contributed by atoms with Crippen molar-refractivity contribution >= 4 is 5.91 Å². The number of carbonyl (C=O) groups is 1. The topological polar surface area (TPSA) is 92.6 Å². The van der Waals surface area contributed by atoms with Crippen LogP contribution in [0.25, 0.3) is 0 Å². The fourth-order valence-corrected chi connectivity index (χ4v) is 2.78. The molecule has 1 atom stereocenters. The molecule has 1 fully saturated rings. The van der Waals surface area contributed by atoms with Gasteiger partial charge in [-0.05, 0) is 19.3 Å². The Morgan fingerprint density at radius 1 is 1.41 bits per heavy atom. The second kappa shape index (κ2) is 5.86. The molecule has 0 unspecified atom stereocenters. The predicted octanol–water partition coefficient (Wildman–Crippen LogP) is 1.42. The molecule has 2 aromatic heterocycles. The van der Waals surface area contributed by atoms with E-state index in [0.29, 0.717) is 12.2 Å². The first-order valence-electron chi connectivity index (χ1n) is 7.65. The number of hydrogen-bond donors (Lipinski definition) is 1. The highest BCUT2D eigenvalue weighted by atomic mass is 16.2. The molecule has 118 valence electrons. The average molecular weight is 303 g/mol. The monoisotopic (exact) mass is 303 g/mol. The second-order valence-electron chi connectivity index (χ2n) is 5.99. The van der Waals surface area contributed by atoms with Crippen molar-refractivity contribution < 1.29 is 4.79 Å². The standard InChI is InChI=1S/C14H21N7O/c1-9(2)12-16-13(18-17-12)10-6-4-5-7-21(10)14(22)11-8-15-19-20(11)3/h8-10H,4-7H2,1-3H3,(H,16,17,18)/t10-/m1/s1. The van der Waals surface area contributed by atoms with Crippen molar-refractivity contribution in [3.63, 3.8) is 0 Å². The highest BCUT2D eigenvalue weighted by molar-refractivity contribution is 5.92. The fourth-order valence-electron chi connectivity index (χ4n) is 2.78. The molecule has 3 rings (SSSR count). The number of nitrogens with one attached hydrogen (secondary N) is 1. The summed E-state index contributed by atoms with van der Waals surface area (Å²) in [7, 11) is 1.73. The van der Waals surface area contributed by atoms with Crippen LogP contribution in [0.15, 0.2) is 6.20 Å². The van der Waals surface area contributed by atoms with Gasteiger partial charge in [-0.25, -0.2) is 9.67 Å². The number of amides is 1. The quantitative estimate of drug-likeness (QED) is 0.925. The minimum absolute atomic E-state index is 0.0558. The summed E-state index contributed by atoms with van der Waals surface area (Å²) in [5, 5.41) is 14.9. The second-order valence-corrected chi connectivity index (χ2v) is 5.99. The van der Waals surface area contributed by atoms with Crippen molar-refractivity contribution in [1.82, 2.24) is 35.1 Å². The molecule has 3 heterocycles. The van der Waals surface area contributed by atoms with Crippen LogP contribution in [0.4, 0.5) is 0 Å². The Labute approximate surface area is 128 Å². The molecule has 0 aliphatic carbocycles. The zero-order valence-electron chi connectivity index (χ0n) is 13.2. The first-order valence-corrected chi connectivity index (χ1v) is 7.65. The van der Waals surface area contributed by atoms with Gasteiger partial charge in [0.15, 0.2) is 5.82 Å². The van der Waals surface area contributed by atoms with E-state index in [2.05, 4.69) is 39.3 Å². The van der Waals surface area contributed by atoms with Crippen LogP contribution in [0.3, 0.4) is 0 Å². The lowest BCUT2D eigenvalue weighted by Crippen LogP contribution is -2.39. The number of H-pyrrole nitrogens is 1. The van der Waals surface area contributed by atoms with E-state index in [9.17, 15) is 4.79 Å². The Hall–Kier alpha value is -2.25. The maximum Gasteiger partial charge on any atom is 0.274 e. The van der Waals surface area contributed by atoms with Gasteiger partial charge in [0.25, 0.3) is 5.91 Å². The van der Waals surface area contributed by atoms with Crippen LogP contribution in [-0.2, 0) is 7.05 Å². The summed E-state index contributed by atoms with van der Waals surface area (Å²) < 4.78 is 1.51. The summed E-state index contributed by atoms with van der Waals surface area (Å²) >= 11 is 0. The van der Waals surface area contributed by atoms with Gasteiger partial charge in [0.2, 0.25) is 0 Å². The van der Waals surface area contributed by atoms with E-state index in [4.69, 9.17) is 0 Å². The maximum absolute atomic E-state index is 12.8. The molecule has 0 aromatic carbocycles. The molecular weight excluding hydrogens is 282 g/mol. The first-order chi connectivity index (χ1) is 10.6. The van der Waals surface area contributed by atoms with Crippen LogP contribution in [0.2, 0.25) is 0 Å². The van der Waals surface area contributed by atoms with Crippen LogP contribution in [0.1, 0.15) is 67.2 Å². The number of aromatic amines is 1. The third-order valence-electron chi connectivity index (χ3n) is 4.05. The number of nitrogens with zero attached hydrogens (tertiary/aromatic N) is 6. The molecule has 2 aromatic rings. The molecule has 0 radical (unpaired) electrons. The lowest BCUT2D eigenvalue weighted by atomic mass is 10.0. The number of carbonyl (C=O) groups excluding carboxylic acids is 1. The Morgan fingerprint density at radius 3 is 2.86 bits per heavy atom. The number of aryl methyl sites for hydroxylation is 1. The van der Waals surface area contributed by atoms with E-state index >= 15 is 0 Å². The van der Waals surface area contributed by atoms with Crippen LogP contribution in [-0.4, -0.2) is 47.5 Å². The summed E-state index contributed by atoms with van der Waals surface area (Å²) in [5.41, 5.74) is 0.496. The minimum atomic E-state index is -0.0591. The van der Waals surface area contributed by atoms with Gasteiger partial charge in [-0.2, -0.15) is 5.10 Å². The molecule has 1 saturated heterocycles. The smallest absolute Gasteiger partial charge is 0.274 e. The Balaban J connectivity index is 1.87. The van der Waals surface area contributed by atoms with E-state index in [1.54, 1.807) is 7.05 Å². The van der Waals surface area contributed by atoms with Gasteiger partial charge in [0.1, 0.15) is 11.5 Å². The van der Waals surface area contributed by atoms with Crippen LogP contribution < -0.4 is 0 Å². The molecule has 8 heteroatoms. The van der Waals surface area contributed by atoms with E-state index in [1.807, 2.05) is 4.90 Å². The summed E-state index contributed by atoms with van der Waals surface area (Å²) in [5.74, 6) is 1.76. The third kappa shape index (κ3) is 2.60. The molecule has 1 amide bonds. The normalized spacial score (nSPS) is 18.9. The van der Waals surface area contributed by atoms with E-state index < -0.39 is 0 Å². The van der Waals surface area contributed by atoms with Gasteiger partial charge < -0.3 is 4.90 Å². The lowest BCUT2D eigenvalue weighted by molar-refractivity contribution is 0.0589. The number of hydrogen-bond acceptors (Lipinski definition) is 5. The van der Waals surface area contributed by atoms with Gasteiger partial charge in [0.05, 0.1) is 12.2 Å². The number of aromatic nitrogens is 6. The van der Waals surface area contributed by atoms with Crippen LogP contribution >= 0.6 is 0 Å². The fraction of sp³-hybridized carbons (Fsp3) is 0.643. The summed E-state index contributed by atoms with van der Waals surface area (Å²) in [6.07, 6.45) is 4.48. The van der Waals surface area contributed by atoms with Crippen molar-refractivity contribution in [2.24, 2.45) is 7.05 Å². The third-order valence-corrected chi connectivity index (χ3v) is 4.05. The van der Waals surface area contributed by atoms with E-state index in [0.717, 1.165) is 30.9 Å². The number of likely N-dealkylation sites (tertiary alicyclic amines) is 1.